The SMILES string of the molecule is N#Cc1cc(Cl)nc(NCC2CCCS2)c1. The third-order valence-corrected chi connectivity index (χ3v) is 4.05. The normalized spacial score (nSPS) is 19.4. The first-order valence-electron chi connectivity index (χ1n) is 5.21. The topological polar surface area (TPSA) is 48.7 Å². The van der Waals surface area contributed by atoms with E-state index in [1.54, 1.807) is 12.1 Å². The van der Waals surface area contributed by atoms with E-state index < -0.39 is 0 Å². The van der Waals surface area contributed by atoms with Crippen LogP contribution >= 0.6 is 23.4 Å². The number of halogens is 1. The van der Waals surface area contributed by atoms with E-state index >= 15 is 0 Å². The third kappa shape index (κ3) is 3.03. The van der Waals surface area contributed by atoms with E-state index in [2.05, 4.69) is 16.4 Å². The lowest BCUT2D eigenvalue weighted by Gasteiger charge is -2.10. The van der Waals surface area contributed by atoms with Gasteiger partial charge in [-0.25, -0.2) is 4.98 Å². The summed E-state index contributed by atoms with van der Waals surface area (Å²) in [6.07, 6.45) is 2.55. The second-order valence-corrected chi connectivity index (χ2v) is 5.49. The Balaban J connectivity index is 1.98. The second kappa shape index (κ2) is 5.42. The van der Waals surface area contributed by atoms with Crippen molar-refractivity contribution in [1.29, 1.82) is 5.26 Å². The first kappa shape index (κ1) is 11.6. The Morgan fingerprint density at radius 2 is 2.50 bits per heavy atom. The molecule has 0 aromatic carbocycles. The number of thioether (sulfide) groups is 1. The number of rotatable bonds is 3. The number of nitriles is 1. The second-order valence-electron chi connectivity index (χ2n) is 3.69. The molecule has 0 saturated carbocycles. The van der Waals surface area contributed by atoms with Crippen LogP contribution in [0.2, 0.25) is 5.15 Å². The molecule has 1 fully saturated rings. The standard InChI is InChI=1S/C11H12ClN3S/c12-10-4-8(6-13)5-11(15-10)14-7-9-2-1-3-16-9/h4-5,9H,1-3,7H2,(H,14,15). The maximum atomic E-state index is 8.80. The summed E-state index contributed by atoms with van der Waals surface area (Å²) in [6, 6.07) is 5.36. The quantitative estimate of drug-likeness (QED) is 0.842. The molecule has 1 aromatic heterocycles. The predicted molar refractivity (Wildman–Crippen MR) is 67.9 cm³/mol. The smallest absolute Gasteiger partial charge is 0.132 e. The number of hydrogen-bond acceptors (Lipinski definition) is 4. The van der Waals surface area contributed by atoms with Crippen molar-refractivity contribution in [3.63, 3.8) is 0 Å². The zero-order valence-electron chi connectivity index (χ0n) is 8.74. The van der Waals surface area contributed by atoms with Crippen LogP contribution in [0.4, 0.5) is 5.82 Å². The highest BCUT2D eigenvalue weighted by molar-refractivity contribution is 8.00. The van der Waals surface area contributed by atoms with E-state index in [1.165, 1.54) is 18.6 Å². The van der Waals surface area contributed by atoms with Gasteiger partial charge in [-0.05, 0) is 30.7 Å². The highest BCUT2D eigenvalue weighted by Crippen LogP contribution is 2.26. The van der Waals surface area contributed by atoms with E-state index in [9.17, 15) is 0 Å². The van der Waals surface area contributed by atoms with Crippen LogP contribution in [0.3, 0.4) is 0 Å². The van der Waals surface area contributed by atoms with Gasteiger partial charge >= 0.3 is 0 Å². The Morgan fingerprint density at radius 3 is 3.19 bits per heavy atom. The van der Waals surface area contributed by atoms with Gasteiger partial charge in [-0.2, -0.15) is 17.0 Å². The first-order valence-corrected chi connectivity index (χ1v) is 6.64. The van der Waals surface area contributed by atoms with E-state index in [0.29, 0.717) is 21.8 Å². The summed E-state index contributed by atoms with van der Waals surface area (Å²) < 4.78 is 0. The van der Waals surface area contributed by atoms with Gasteiger partial charge in [0.15, 0.2) is 0 Å². The fourth-order valence-electron chi connectivity index (χ4n) is 1.68. The van der Waals surface area contributed by atoms with Gasteiger partial charge in [0.1, 0.15) is 11.0 Å². The molecule has 3 nitrogen and oxygen atoms in total. The van der Waals surface area contributed by atoms with Gasteiger partial charge in [0.05, 0.1) is 11.6 Å². The zero-order chi connectivity index (χ0) is 11.4. The number of nitrogens with one attached hydrogen (secondary N) is 1. The Labute approximate surface area is 104 Å². The lowest BCUT2D eigenvalue weighted by molar-refractivity contribution is 0.803. The lowest BCUT2D eigenvalue weighted by atomic mass is 10.2. The van der Waals surface area contributed by atoms with Crippen LogP contribution in [-0.2, 0) is 0 Å². The number of anilines is 1. The average Bonchev–Trinajstić information content (AvgIpc) is 2.78. The average molecular weight is 254 g/mol. The minimum Gasteiger partial charge on any atom is -0.369 e. The van der Waals surface area contributed by atoms with E-state index in [1.807, 2.05) is 11.8 Å². The highest BCUT2D eigenvalue weighted by Gasteiger charge is 2.15. The molecule has 2 heterocycles. The van der Waals surface area contributed by atoms with Gasteiger partial charge in [-0.15, -0.1) is 0 Å². The molecule has 1 atom stereocenters. The molecular formula is C11H12ClN3S. The molecule has 2 rings (SSSR count). The van der Waals surface area contributed by atoms with E-state index in [0.717, 1.165) is 6.54 Å². The van der Waals surface area contributed by atoms with E-state index in [-0.39, 0.29) is 0 Å². The molecule has 1 aromatic rings. The molecule has 16 heavy (non-hydrogen) atoms. The van der Waals surface area contributed by atoms with Crippen LogP contribution in [-0.4, -0.2) is 22.5 Å². The minimum atomic E-state index is 0.362. The molecule has 0 spiro atoms. The van der Waals surface area contributed by atoms with Crippen molar-refractivity contribution >= 4 is 29.2 Å². The van der Waals surface area contributed by atoms with Crippen molar-refractivity contribution in [3.8, 4) is 6.07 Å². The van der Waals surface area contributed by atoms with Crippen molar-refractivity contribution in [2.75, 3.05) is 17.6 Å². The van der Waals surface area contributed by atoms with Crippen molar-refractivity contribution in [3.05, 3.63) is 22.8 Å². The Morgan fingerprint density at radius 1 is 1.62 bits per heavy atom. The zero-order valence-corrected chi connectivity index (χ0v) is 10.3. The minimum absolute atomic E-state index is 0.362. The number of hydrogen-bond donors (Lipinski definition) is 1. The molecule has 1 unspecified atom stereocenters. The summed E-state index contributed by atoms with van der Waals surface area (Å²) in [5.74, 6) is 1.94. The number of aromatic nitrogens is 1. The largest absolute Gasteiger partial charge is 0.369 e. The number of nitrogens with zero attached hydrogens (tertiary/aromatic N) is 2. The molecule has 1 aliphatic rings. The van der Waals surface area contributed by atoms with Crippen molar-refractivity contribution < 1.29 is 0 Å². The maximum Gasteiger partial charge on any atom is 0.132 e. The van der Waals surface area contributed by atoms with Gasteiger partial charge < -0.3 is 5.32 Å². The van der Waals surface area contributed by atoms with E-state index in [4.69, 9.17) is 16.9 Å². The highest BCUT2D eigenvalue weighted by atomic mass is 35.5. The Bertz CT molecular complexity index is 410. The molecule has 1 saturated heterocycles. The van der Waals surface area contributed by atoms with Gasteiger partial charge in [0.2, 0.25) is 0 Å². The van der Waals surface area contributed by atoms with Crippen LogP contribution in [0.1, 0.15) is 18.4 Å². The summed E-state index contributed by atoms with van der Waals surface area (Å²) in [5.41, 5.74) is 0.543. The molecule has 1 aliphatic heterocycles. The summed E-state index contributed by atoms with van der Waals surface area (Å²) in [5, 5.41) is 13.1. The molecule has 0 bridgehead atoms. The van der Waals surface area contributed by atoms with Crippen LogP contribution in [0.25, 0.3) is 0 Å². The van der Waals surface area contributed by atoms with Gasteiger partial charge in [-0.1, -0.05) is 11.6 Å². The summed E-state index contributed by atoms with van der Waals surface area (Å²) in [4.78, 5) is 4.14. The van der Waals surface area contributed by atoms with Crippen LogP contribution < -0.4 is 5.32 Å². The van der Waals surface area contributed by atoms with Crippen LogP contribution in [0.15, 0.2) is 12.1 Å². The molecule has 0 aliphatic carbocycles. The molecule has 1 N–H and O–H groups in total. The van der Waals surface area contributed by atoms with Gasteiger partial charge in [0, 0.05) is 11.8 Å². The Hall–Kier alpha value is -0.920. The molecule has 84 valence electrons. The number of pyridine rings is 1. The molecule has 0 amide bonds. The predicted octanol–water partition coefficient (Wildman–Crippen LogP) is 2.91. The summed E-state index contributed by atoms with van der Waals surface area (Å²) in [6.45, 7) is 0.892. The fourth-order valence-corrected chi connectivity index (χ4v) is 3.09. The summed E-state index contributed by atoms with van der Waals surface area (Å²) >= 11 is 7.80. The lowest BCUT2D eigenvalue weighted by Crippen LogP contribution is -2.14. The monoisotopic (exact) mass is 253 g/mol. The molecule has 5 heteroatoms. The van der Waals surface area contributed by atoms with Crippen LogP contribution in [0.5, 0.6) is 0 Å². The maximum absolute atomic E-state index is 8.80. The third-order valence-electron chi connectivity index (χ3n) is 2.46. The fraction of sp³-hybridized carbons (Fsp3) is 0.455. The van der Waals surface area contributed by atoms with Crippen molar-refractivity contribution in [1.82, 2.24) is 4.98 Å². The molecular weight excluding hydrogens is 242 g/mol. The van der Waals surface area contributed by atoms with Gasteiger partial charge in [0.25, 0.3) is 0 Å². The van der Waals surface area contributed by atoms with Crippen molar-refractivity contribution in [2.24, 2.45) is 0 Å². The van der Waals surface area contributed by atoms with Crippen LogP contribution in [0, 0.1) is 11.3 Å². The summed E-state index contributed by atoms with van der Waals surface area (Å²) in [7, 11) is 0. The first-order chi connectivity index (χ1) is 7.78. The van der Waals surface area contributed by atoms with Gasteiger partial charge in [-0.3, -0.25) is 0 Å². The Kier molecular flexibility index (Phi) is 3.92. The molecule has 0 radical (unpaired) electrons. The van der Waals surface area contributed by atoms with Crippen molar-refractivity contribution in [2.45, 2.75) is 18.1 Å².